The van der Waals surface area contributed by atoms with Crippen molar-refractivity contribution < 1.29 is 23.1 Å². The zero-order chi connectivity index (χ0) is 13.2. The molecule has 2 N–H and O–H groups in total. The summed E-state index contributed by atoms with van der Waals surface area (Å²) in [6.45, 7) is 1.85. The largest absolute Gasteiger partial charge is 0.486 e. The van der Waals surface area contributed by atoms with Crippen molar-refractivity contribution >= 4 is 0 Å². The molecule has 0 unspecified atom stereocenters. The molecule has 1 aliphatic heterocycles. The predicted molar refractivity (Wildman–Crippen MR) is 60.8 cm³/mol. The van der Waals surface area contributed by atoms with E-state index in [1.165, 1.54) is 12.1 Å². The lowest BCUT2D eigenvalue weighted by Gasteiger charge is -2.23. The first-order chi connectivity index (χ1) is 8.52. The Kier molecular flexibility index (Phi) is 3.68. The Morgan fingerprint density at radius 2 is 2.06 bits per heavy atom. The molecule has 100 valence electrons. The first-order valence-corrected chi connectivity index (χ1v) is 5.65. The molecule has 0 bridgehead atoms. The van der Waals surface area contributed by atoms with Gasteiger partial charge >= 0.3 is 0 Å². The van der Waals surface area contributed by atoms with Gasteiger partial charge in [-0.05, 0) is 12.1 Å². The van der Waals surface area contributed by atoms with Crippen molar-refractivity contribution in [2.45, 2.75) is 19.3 Å². The van der Waals surface area contributed by atoms with Gasteiger partial charge in [-0.1, -0.05) is 0 Å². The standard InChI is InChI=1S/C12H15F2NO3/c1-12(13,14)9-6-8(2-3-18-15)11-10(7-9)16-4-5-17-11/h6-7H,2-5,15H2,1H3. The fourth-order valence-electron chi connectivity index (χ4n) is 1.83. The summed E-state index contributed by atoms with van der Waals surface area (Å²) in [4.78, 5) is 4.48. The van der Waals surface area contributed by atoms with Gasteiger partial charge in [0.25, 0.3) is 5.92 Å². The lowest BCUT2D eigenvalue weighted by molar-refractivity contribution is 0.0167. The number of hydrogen-bond acceptors (Lipinski definition) is 4. The fourth-order valence-corrected chi connectivity index (χ4v) is 1.83. The molecule has 0 atom stereocenters. The number of fused-ring (bicyclic) bond motifs is 1. The molecular formula is C12H15F2NO3. The second kappa shape index (κ2) is 5.07. The molecule has 0 saturated heterocycles. The van der Waals surface area contributed by atoms with Crippen LogP contribution >= 0.6 is 0 Å². The minimum absolute atomic E-state index is 0.0984. The first kappa shape index (κ1) is 13.0. The van der Waals surface area contributed by atoms with Crippen LogP contribution in [0.1, 0.15) is 18.1 Å². The lowest BCUT2D eigenvalue weighted by Crippen LogP contribution is -2.19. The smallest absolute Gasteiger partial charge is 0.270 e. The summed E-state index contributed by atoms with van der Waals surface area (Å²) in [7, 11) is 0. The molecule has 4 nitrogen and oxygen atoms in total. The number of nitrogens with two attached hydrogens (primary N) is 1. The number of halogens is 2. The van der Waals surface area contributed by atoms with Crippen molar-refractivity contribution in [2.75, 3.05) is 19.8 Å². The number of hydrogen-bond donors (Lipinski definition) is 1. The normalized spacial score (nSPS) is 14.7. The number of rotatable bonds is 4. The van der Waals surface area contributed by atoms with E-state index >= 15 is 0 Å². The Balaban J connectivity index is 2.41. The molecule has 1 aromatic carbocycles. The van der Waals surface area contributed by atoms with Crippen LogP contribution in [0.4, 0.5) is 8.78 Å². The van der Waals surface area contributed by atoms with Crippen molar-refractivity contribution in [1.29, 1.82) is 0 Å². The maximum Gasteiger partial charge on any atom is 0.270 e. The summed E-state index contributed by atoms with van der Waals surface area (Å²) in [5, 5.41) is 0. The Hall–Kier alpha value is -1.40. The van der Waals surface area contributed by atoms with E-state index in [1.54, 1.807) is 0 Å². The molecule has 1 aromatic rings. The summed E-state index contributed by atoms with van der Waals surface area (Å²) < 4.78 is 37.6. The Labute approximate surface area is 104 Å². The molecule has 2 rings (SSSR count). The van der Waals surface area contributed by atoms with Crippen molar-refractivity contribution in [1.82, 2.24) is 0 Å². The third-order valence-corrected chi connectivity index (χ3v) is 2.72. The van der Waals surface area contributed by atoms with E-state index in [4.69, 9.17) is 15.4 Å². The van der Waals surface area contributed by atoms with Gasteiger partial charge < -0.3 is 14.3 Å². The van der Waals surface area contributed by atoms with Crippen LogP contribution in [-0.2, 0) is 17.2 Å². The van der Waals surface area contributed by atoms with E-state index < -0.39 is 5.92 Å². The summed E-state index contributed by atoms with van der Waals surface area (Å²) in [6.07, 6.45) is 0.395. The van der Waals surface area contributed by atoms with Crippen LogP contribution in [0.5, 0.6) is 11.5 Å². The van der Waals surface area contributed by atoms with Crippen LogP contribution in [-0.4, -0.2) is 19.8 Å². The zero-order valence-electron chi connectivity index (χ0n) is 10.0. The van der Waals surface area contributed by atoms with Gasteiger partial charge in [0, 0.05) is 24.5 Å². The van der Waals surface area contributed by atoms with Crippen molar-refractivity contribution in [3.05, 3.63) is 23.3 Å². The first-order valence-electron chi connectivity index (χ1n) is 5.65. The Morgan fingerprint density at radius 1 is 1.33 bits per heavy atom. The summed E-state index contributed by atoms with van der Waals surface area (Å²) in [6, 6.07) is 2.73. The second-order valence-corrected chi connectivity index (χ2v) is 4.17. The molecular weight excluding hydrogens is 244 g/mol. The minimum Gasteiger partial charge on any atom is -0.486 e. The van der Waals surface area contributed by atoms with E-state index in [9.17, 15) is 8.78 Å². The quantitative estimate of drug-likeness (QED) is 0.840. The van der Waals surface area contributed by atoms with E-state index in [2.05, 4.69) is 4.84 Å². The van der Waals surface area contributed by atoms with Gasteiger partial charge in [-0.25, -0.2) is 14.7 Å². The van der Waals surface area contributed by atoms with Gasteiger partial charge in [0.05, 0.1) is 6.61 Å². The van der Waals surface area contributed by atoms with Crippen LogP contribution in [0.2, 0.25) is 0 Å². The fraction of sp³-hybridized carbons (Fsp3) is 0.500. The highest BCUT2D eigenvalue weighted by Crippen LogP contribution is 2.39. The molecule has 1 aliphatic rings. The molecule has 18 heavy (non-hydrogen) atoms. The number of ether oxygens (including phenoxy) is 2. The molecule has 0 fully saturated rings. The topological polar surface area (TPSA) is 53.7 Å². The molecule has 0 radical (unpaired) electrons. The summed E-state index contributed by atoms with van der Waals surface area (Å²) in [5.41, 5.74) is 0.521. The highest BCUT2D eigenvalue weighted by atomic mass is 19.3. The highest BCUT2D eigenvalue weighted by molar-refractivity contribution is 5.51. The van der Waals surface area contributed by atoms with E-state index in [0.29, 0.717) is 36.7 Å². The van der Waals surface area contributed by atoms with Crippen LogP contribution in [0.25, 0.3) is 0 Å². The van der Waals surface area contributed by atoms with Crippen molar-refractivity contribution in [2.24, 2.45) is 5.90 Å². The molecule has 0 saturated carbocycles. The molecule has 0 aliphatic carbocycles. The molecule has 6 heteroatoms. The third kappa shape index (κ3) is 2.70. The zero-order valence-corrected chi connectivity index (χ0v) is 10.0. The van der Waals surface area contributed by atoms with Crippen LogP contribution in [0, 0.1) is 0 Å². The van der Waals surface area contributed by atoms with Gasteiger partial charge in [-0.15, -0.1) is 0 Å². The Morgan fingerprint density at radius 3 is 2.72 bits per heavy atom. The maximum absolute atomic E-state index is 13.4. The van der Waals surface area contributed by atoms with Crippen LogP contribution in [0.3, 0.4) is 0 Å². The van der Waals surface area contributed by atoms with Crippen molar-refractivity contribution in [3.8, 4) is 11.5 Å². The van der Waals surface area contributed by atoms with E-state index in [-0.39, 0.29) is 12.2 Å². The molecule has 0 spiro atoms. The predicted octanol–water partition coefficient (Wildman–Crippen LogP) is 2.00. The Bertz CT molecular complexity index is 432. The average molecular weight is 259 g/mol. The van der Waals surface area contributed by atoms with E-state index in [1.807, 2.05) is 0 Å². The highest BCUT2D eigenvalue weighted by Gasteiger charge is 2.28. The van der Waals surface area contributed by atoms with Crippen molar-refractivity contribution in [3.63, 3.8) is 0 Å². The maximum atomic E-state index is 13.4. The van der Waals surface area contributed by atoms with Gasteiger partial charge in [0.1, 0.15) is 13.2 Å². The van der Waals surface area contributed by atoms with Gasteiger partial charge in [-0.3, -0.25) is 0 Å². The van der Waals surface area contributed by atoms with Gasteiger partial charge in [0.15, 0.2) is 11.5 Å². The van der Waals surface area contributed by atoms with Crippen LogP contribution in [0.15, 0.2) is 12.1 Å². The van der Waals surface area contributed by atoms with Gasteiger partial charge in [-0.2, -0.15) is 0 Å². The summed E-state index contributed by atoms with van der Waals surface area (Å²) >= 11 is 0. The minimum atomic E-state index is -2.92. The monoisotopic (exact) mass is 259 g/mol. The third-order valence-electron chi connectivity index (χ3n) is 2.72. The molecule has 1 heterocycles. The average Bonchev–Trinajstić information content (AvgIpc) is 2.34. The summed E-state index contributed by atoms with van der Waals surface area (Å²) in [5.74, 6) is 2.89. The number of alkyl halides is 2. The number of benzene rings is 1. The second-order valence-electron chi connectivity index (χ2n) is 4.17. The SMILES string of the molecule is CC(F)(F)c1cc(CCON)c2c(c1)OCCO2. The lowest BCUT2D eigenvalue weighted by atomic mass is 10.0. The van der Waals surface area contributed by atoms with E-state index in [0.717, 1.165) is 6.92 Å². The molecule has 0 amide bonds. The van der Waals surface area contributed by atoms with Crippen LogP contribution < -0.4 is 15.4 Å². The molecule has 0 aromatic heterocycles. The van der Waals surface area contributed by atoms with Gasteiger partial charge in [0.2, 0.25) is 0 Å².